The first-order chi connectivity index (χ1) is 5.66. The summed E-state index contributed by atoms with van der Waals surface area (Å²) in [6, 6.07) is 0. The van der Waals surface area contributed by atoms with Crippen LogP contribution in [0.3, 0.4) is 0 Å². The summed E-state index contributed by atoms with van der Waals surface area (Å²) in [5, 5.41) is 16.7. The van der Waals surface area contributed by atoms with Gasteiger partial charge in [0.2, 0.25) is 6.16 Å². The Morgan fingerprint density at radius 3 is 2.42 bits per heavy atom. The Balaban J connectivity index is 3.26. The average Bonchev–Trinajstić information content (AvgIpc) is 1.97. The van der Waals surface area contributed by atoms with E-state index in [0.29, 0.717) is 12.6 Å². The van der Waals surface area contributed by atoms with Crippen molar-refractivity contribution in [2.75, 3.05) is 18.9 Å². The van der Waals surface area contributed by atoms with E-state index in [4.69, 9.17) is 10.2 Å². The van der Waals surface area contributed by atoms with Gasteiger partial charge in [-0.05, 0) is 19.3 Å². The minimum Gasteiger partial charge on any atom is -0.478 e. The van der Waals surface area contributed by atoms with Crippen LogP contribution in [0.4, 0.5) is 0 Å². The molecule has 0 radical (unpaired) electrons. The highest BCUT2D eigenvalue weighted by Crippen LogP contribution is 2.21. The number of hydrogen-bond acceptors (Lipinski definition) is 3. The minimum atomic E-state index is -1.57. The summed E-state index contributed by atoms with van der Waals surface area (Å²) >= 11 is 0. The number of unbranched alkanes of at least 4 members (excludes halogenated alkanes) is 2. The van der Waals surface area contributed by atoms with Gasteiger partial charge in [0.05, 0.1) is 0 Å². The number of carboxylic acids is 1. The van der Waals surface area contributed by atoms with Crippen molar-refractivity contribution in [1.82, 2.24) is 0 Å². The number of carboxylic acid groups (broad SMARTS) is 1. The Hall–Kier alpha value is -0.470. The van der Waals surface area contributed by atoms with Crippen molar-refractivity contribution in [2.45, 2.75) is 19.3 Å². The maximum Gasteiger partial charge on any atom is 0.352 e. The third kappa shape index (κ3) is 7.63. The lowest BCUT2D eigenvalue weighted by Gasteiger charge is -1.90. The first-order valence-corrected chi connectivity index (χ1v) is 5.54. The van der Waals surface area contributed by atoms with Gasteiger partial charge in [-0.25, -0.2) is 4.79 Å². The van der Waals surface area contributed by atoms with Crippen LogP contribution in [0, 0.1) is 0 Å². The molecule has 5 heteroatoms. The van der Waals surface area contributed by atoms with Gasteiger partial charge in [0, 0.05) is 6.61 Å². The van der Waals surface area contributed by atoms with Crippen molar-refractivity contribution >= 4 is 13.8 Å². The smallest absolute Gasteiger partial charge is 0.352 e. The predicted octanol–water partition coefficient (Wildman–Crippen LogP) is 1.06. The van der Waals surface area contributed by atoms with E-state index in [9.17, 15) is 9.36 Å². The number of hydrogen-bond donors (Lipinski definition) is 2. The lowest BCUT2D eigenvalue weighted by atomic mass is 10.3. The maximum atomic E-state index is 10.9. The minimum absolute atomic E-state index is 0.149. The van der Waals surface area contributed by atoms with Gasteiger partial charge in [0.25, 0.3) is 0 Å². The van der Waals surface area contributed by atoms with Crippen LogP contribution in [-0.2, 0) is 9.36 Å². The molecule has 0 fully saturated rings. The Morgan fingerprint density at radius 2 is 1.92 bits per heavy atom. The van der Waals surface area contributed by atoms with Crippen molar-refractivity contribution in [3.05, 3.63) is 0 Å². The van der Waals surface area contributed by atoms with E-state index in [0.717, 1.165) is 12.8 Å². The van der Waals surface area contributed by atoms with Crippen molar-refractivity contribution in [3.8, 4) is 0 Å². The van der Waals surface area contributed by atoms with Crippen LogP contribution in [0.1, 0.15) is 19.3 Å². The predicted molar refractivity (Wildman–Crippen MR) is 45.9 cm³/mol. The monoisotopic (exact) mass is 193 g/mol. The molecule has 70 valence electrons. The molecule has 0 aliphatic carbocycles. The fourth-order valence-corrected chi connectivity index (χ4v) is 1.84. The van der Waals surface area contributed by atoms with E-state index >= 15 is 0 Å². The second-order valence-electron chi connectivity index (χ2n) is 2.54. The molecule has 0 aliphatic heterocycles. The van der Waals surface area contributed by atoms with Gasteiger partial charge in [-0.15, -0.1) is 0 Å². The topological polar surface area (TPSA) is 74.6 Å². The van der Waals surface area contributed by atoms with E-state index < -0.39 is 13.8 Å². The molecule has 0 saturated heterocycles. The zero-order valence-electron chi connectivity index (χ0n) is 6.90. The zero-order chi connectivity index (χ0) is 9.40. The van der Waals surface area contributed by atoms with E-state index in [-0.39, 0.29) is 12.8 Å². The molecule has 12 heavy (non-hydrogen) atoms. The van der Waals surface area contributed by atoms with Gasteiger partial charge < -0.3 is 10.2 Å². The first-order valence-electron chi connectivity index (χ1n) is 3.91. The number of carbonyl (C=O) groups is 1. The standard InChI is InChI=1S/C7H13O4P/c8-4-2-1-3-5-12(11)6-7(9)10/h8H,1-6H2/p+1. The van der Waals surface area contributed by atoms with Crippen LogP contribution in [0.15, 0.2) is 0 Å². The fourth-order valence-electron chi connectivity index (χ4n) is 0.807. The summed E-state index contributed by atoms with van der Waals surface area (Å²) in [6.07, 6.45) is 2.49. The summed E-state index contributed by atoms with van der Waals surface area (Å²) in [4.78, 5) is 10.1. The summed E-state index contributed by atoms with van der Waals surface area (Å²) in [5.41, 5.74) is 0. The van der Waals surface area contributed by atoms with Crippen LogP contribution in [0.2, 0.25) is 0 Å². The van der Waals surface area contributed by atoms with Crippen LogP contribution in [-0.4, -0.2) is 35.1 Å². The van der Waals surface area contributed by atoms with Gasteiger partial charge in [-0.2, -0.15) is 0 Å². The SMILES string of the molecule is O=C(O)C[P+](=O)CCCCCO. The Morgan fingerprint density at radius 1 is 1.25 bits per heavy atom. The van der Waals surface area contributed by atoms with Gasteiger partial charge in [-0.3, -0.25) is 0 Å². The van der Waals surface area contributed by atoms with Crippen LogP contribution in [0.5, 0.6) is 0 Å². The van der Waals surface area contributed by atoms with E-state index in [1.807, 2.05) is 0 Å². The van der Waals surface area contributed by atoms with Gasteiger partial charge >= 0.3 is 13.8 Å². The van der Waals surface area contributed by atoms with E-state index in [1.165, 1.54) is 0 Å². The largest absolute Gasteiger partial charge is 0.478 e. The molecule has 0 spiro atoms. The van der Waals surface area contributed by atoms with Crippen LogP contribution in [0.25, 0.3) is 0 Å². The Bertz CT molecular complexity index is 157. The van der Waals surface area contributed by atoms with Crippen molar-refractivity contribution in [1.29, 1.82) is 0 Å². The molecule has 4 nitrogen and oxygen atoms in total. The summed E-state index contributed by atoms with van der Waals surface area (Å²) in [5.74, 6) is -1.00. The summed E-state index contributed by atoms with van der Waals surface area (Å²) in [6.45, 7) is 0.149. The highest BCUT2D eigenvalue weighted by molar-refractivity contribution is 7.45. The highest BCUT2D eigenvalue weighted by atomic mass is 31.1. The van der Waals surface area contributed by atoms with Crippen LogP contribution >= 0.6 is 7.80 Å². The number of rotatable bonds is 7. The first kappa shape index (κ1) is 11.5. The third-order valence-corrected chi connectivity index (χ3v) is 2.82. The van der Waals surface area contributed by atoms with Gasteiger partial charge in [-0.1, -0.05) is 4.57 Å². The molecule has 0 amide bonds. The number of aliphatic carboxylic acids is 1. The van der Waals surface area contributed by atoms with E-state index in [2.05, 4.69) is 0 Å². The molecule has 2 N–H and O–H groups in total. The molecular formula is C7H14O4P+. The van der Waals surface area contributed by atoms with E-state index in [1.54, 1.807) is 0 Å². The maximum absolute atomic E-state index is 10.9. The lowest BCUT2D eigenvalue weighted by molar-refractivity contribution is -0.134. The fraction of sp³-hybridized carbons (Fsp3) is 0.857. The quantitative estimate of drug-likeness (QED) is 0.468. The second kappa shape index (κ2) is 7.19. The number of aliphatic hydroxyl groups is 1. The molecule has 0 rings (SSSR count). The average molecular weight is 193 g/mol. The molecule has 0 aliphatic rings. The zero-order valence-corrected chi connectivity index (χ0v) is 7.80. The molecular weight excluding hydrogens is 179 g/mol. The van der Waals surface area contributed by atoms with Crippen molar-refractivity contribution in [3.63, 3.8) is 0 Å². The molecule has 0 bridgehead atoms. The second-order valence-corrected chi connectivity index (χ2v) is 4.27. The number of aliphatic hydroxyl groups excluding tert-OH is 1. The van der Waals surface area contributed by atoms with Crippen LogP contribution < -0.4 is 0 Å². The van der Waals surface area contributed by atoms with Crippen molar-refractivity contribution in [2.24, 2.45) is 0 Å². The Kier molecular flexibility index (Phi) is 6.91. The normalized spacial score (nSPS) is 11.2. The summed E-state index contributed by atoms with van der Waals surface area (Å²) in [7, 11) is -1.57. The molecule has 1 unspecified atom stereocenters. The molecule has 0 aromatic rings. The summed E-state index contributed by atoms with van der Waals surface area (Å²) < 4.78 is 10.9. The molecule has 0 aromatic heterocycles. The van der Waals surface area contributed by atoms with Gasteiger partial charge in [0.15, 0.2) is 0 Å². The molecule has 0 aromatic carbocycles. The third-order valence-electron chi connectivity index (χ3n) is 1.38. The highest BCUT2D eigenvalue weighted by Gasteiger charge is 2.18. The molecule has 1 atom stereocenters. The van der Waals surface area contributed by atoms with Crippen molar-refractivity contribution < 1.29 is 19.6 Å². The molecule has 0 saturated carbocycles. The molecule has 0 heterocycles. The lowest BCUT2D eigenvalue weighted by Crippen LogP contribution is -1.99. The van der Waals surface area contributed by atoms with Gasteiger partial charge in [0.1, 0.15) is 6.16 Å². The Labute approximate surface area is 72.4 Å².